The Morgan fingerprint density at radius 2 is 2.20 bits per heavy atom. The minimum absolute atomic E-state index is 0.0117. The summed E-state index contributed by atoms with van der Waals surface area (Å²) in [6.45, 7) is 6.92. The molecule has 1 aliphatic rings. The Bertz CT molecular complexity index is 510. The lowest BCUT2D eigenvalue weighted by molar-refractivity contribution is -0.138. The number of rotatable bonds is 5. The number of benzene rings is 1. The van der Waals surface area contributed by atoms with Crippen LogP contribution in [0.4, 0.5) is 0 Å². The van der Waals surface area contributed by atoms with E-state index in [4.69, 9.17) is 15.6 Å². The van der Waals surface area contributed by atoms with Gasteiger partial charge >= 0.3 is 5.97 Å². The highest BCUT2D eigenvalue weighted by atomic mass is 16.5. The minimum Gasteiger partial charge on any atom is -0.492 e. The van der Waals surface area contributed by atoms with Crippen molar-refractivity contribution < 1.29 is 14.6 Å². The normalized spacial score (nSPS) is 19.0. The first-order chi connectivity index (χ1) is 9.29. The van der Waals surface area contributed by atoms with Gasteiger partial charge in [-0.05, 0) is 30.0 Å². The SMILES string of the molecule is CC(CC(=O)O)CC(N)c1ccc2c(c1)C(C)(C)CO2. The average Bonchev–Trinajstić information content (AvgIpc) is 2.64. The van der Waals surface area contributed by atoms with E-state index in [0.29, 0.717) is 13.0 Å². The second kappa shape index (κ2) is 5.44. The van der Waals surface area contributed by atoms with Gasteiger partial charge in [0.25, 0.3) is 0 Å². The van der Waals surface area contributed by atoms with Crippen molar-refractivity contribution in [3.8, 4) is 5.75 Å². The van der Waals surface area contributed by atoms with E-state index >= 15 is 0 Å². The van der Waals surface area contributed by atoms with Crippen molar-refractivity contribution in [2.45, 2.75) is 45.1 Å². The fourth-order valence-electron chi connectivity index (χ4n) is 2.72. The summed E-state index contributed by atoms with van der Waals surface area (Å²) < 4.78 is 5.66. The maximum Gasteiger partial charge on any atom is 0.303 e. The van der Waals surface area contributed by atoms with Crippen molar-refractivity contribution >= 4 is 5.97 Å². The fraction of sp³-hybridized carbons (Fsp3) is 0.562. The number of carbonyl (C=O) groups is 1. The van der Waals surface area contributed by atoms with Gasteiger partial charge < -0.3 is 15.6 Å². The van der Waals surface area contributed by atoms with Gasteiger partial charge in [0.05, 0.1) is 6.61 Å². The van der Waals surface area contributed by atoms with Crippen molar-refractivity contribution in [2.75, 3.05) is 6.61 Å². The summed E-state index contributed by atoms with van der Waals surface area (Å²) in [4.78, 5) is 10.7. The summed E-state index contributed by atoms with van der Waals surface area (Å²) in [6, 6.07) is 5.94. The van der Waals surface area contributed by atoms with Gasteiger partial charge in [-0.15, -0.1) is 0 Å². The van der Waals surface area contributed by atoms with E-state index in [1.54, 1.807) is 0 Å². The standard InChI is InChI=1S/C16H23NO3/c1-10(7-15(18)19)6-13(17)11-4-5-14-12(8-11)16(2,3)9-20-14/h4-5,8,10,13H,6-7,9,17H2,1-3H3,(H,18,19). The molecule has 1 heterocycles. The second-order valence-electron chi connectivity index (χ2n) is 6.47. The van der Waals surface area contributed by atoms with E-state index in [2.05, 4.69) is 19.9 Å². The molecule has 3 N–H and O–H groups in total. The number of fused-ring (bicyclic) bond motifs is 1. The van der Waals surface area contributed by atoms with Gasteiger partial charge in [-0.25, -0.2) is 0 Å². The molecule has 0 saturated carbocycles. The van der Waals surface area contributed by atoms with Crippen molar-refractivity contribution in [2.24, 2.45) is 11.7 Å². The molecular formula is C16H23NO3. The Morgan fingerprint density at radius 1 is 1.50 bits per heavy atom. The van der Waals surface area contributed by atoms with Crippen LogP contribution in [-0.4, -0.2) is 17.7 Å². The first kappa shape index (κ1) is 14.9. The molecule has 0 amide bonds. The van der Waals surface area contributed by atoms with Gasteiger partial charge in [0.2, 0.25) is 0 Å². The predicted molar refractivity (Wildman–Crippen MR) is 77.9 cm³/mol. The number of carboxylic acids is 1. The van der Waals surface area contributed by atoms with Crippen LogP contribution in [0.15, 0.2) is 18.2 Å². The highest BCUT2D eigenvalue weighted by molar-refractivity contribution is 5.66. The molecule has 1 aromatic rings. The zero-order chi connectivity index (χ0) is 14.9. The number of carboxylic acid groups (broad SMARTS) is 1. The minimum atomic E-state index is -0.770. The fourth-order valence-corrected chi connectivity index (χ4v) is 2.72. The first-order valence-corrected chi connectivity index (χ1v) is 7.04. The summed E-state index contributed by atoms with van der Waals surface area (Å²) in [5, 5.41) is 8.81. The molecule has 0 fully saturated rings. The molecule has 1 aliphatic heterocycles. The summed E-state index contributed by atoms with van der Waals surface area (Å²) in [6.07, 6.45) is 0.833. The Morgan fingerprint density at radius 3 is 2.85 bits per heavy atom. The van der Waals surface area contributed by atoms with E-state index in [-0.39, 0.29) is 23.8 Å². The van der Waals surface area contributed by atoms with Gasteiger partial charge in [0, 0.05) is 23.4 Å². The van der Waals surface area contributed by atoms with Crippen LogP contribution in [-0.2, 0) is 10.2 Å². The molecule has 2 rings (SSSR count). The summed E-state index contributed by atoms with van der Waals surface area (Å²) in [5.74, 6) is 0.234. The van der Waals surface area contributed by atoms with Gasteiger partial charge in [-0.3, -0.25) is 4.79 Å². The molecule has 110 valence electrons. The lowest BCUT2D eigenvalue weighted by Crippen LogP contribution is -2.19. The number of ether oxygens (including phenoxy) is 1. The zero-order valence-electron chi connectivity index (χ0n) is 12.3. The van der Waals surface area contributed by atoms with Gasteiger partial charge in [-0.2, -0.15) is 0 Å². The molecule has 0 saturated heterocycles. The van der Waals surface area contributed by atoms with Crippen LogP contribution < -0.4 is 10.5 Å². The molecule has 4 nitrogen and oxygen atoms in total. The zero-order valence-corrected chi connectivity index (χ0v) is 12.3. The van der Waals surface area contributed by atoms with Crippen molar-refractivity contribution in [1.82, 2.24) is 0 Å². The maximum absolute atomic E-state index is 10.7. The molecule has 20 heavy (non-hydrogen) atoms. The van der Waals surface area contributed by atoms with E-state index in [0.717, 1.165) is 11.3 Å². The second-order valence-corrected chi connectivity index (χ2v) is 6.47. The Kier molecular flexibility index (Phi) is 4.04. The topological polar surface area (TPSA) is 72.5 Å². The number of aliphatic carboxylic acids is 1. The molecule has 2 unspecified atom stereocenters. The smallest absolute Gasteiger partial charge is 0.303 e. The number of hydrogen-bond donors (Lipinski definition) is 2. The van der Waals surface area contributed by atoms with Crippen molar-refractivity contribution in [1.29, 1.82) is 0 Å². The summed E-state index contributed by atoms with van der Waals surface area (Å²) >= 11 is 0. The Hall–Kier alpha value is -1.55. The molecule has 4 heteroatoms. The van der Waals surface area contributed by atoms with Crippen LogP contribution in [0, 0.1) is 5.92 Å². The number of hydrogen-bond acceptors (Lipinski definition) is 3. The third kappa shape index (κ3) is 3.12. The number of nitrogens with two attached hydrogens (primary N) is 1. The highest BCUT2D eigenvalue weighted by Gasteiger charge is 2.32. The molecule has 0 aromatic heterocycles. The lowest BCUT2D eigenvalue weighted by Gasteiger charge is -2.19. The average molecular weight is 277 g/mol. The predicted octanol–water partition coefficient (Wildman–Crippen LogP) is 2.86. The highest BCUT2D eigenvalue weighted by Crippen LogP contribution is 2.39. The van der Waals surface area contributed by atoms with Crippen LogP contribution in [0.5, 0.6) is 5.75 Å². The lowest BCUT2D eigenvalue weighted by atomic mass is 9.84. The molecular weight excluding hydrogens is 254 g/mol. The molecule has 0 aliphatic carbocycles. The van der Waals surface area contributed by atoms with E-state index in [1.807, 2.05) is 19.1 Å². The quantitative estimate of drug-likeness (QED) is 0.868. The van der Waals surface area contributed by atoms with Gasteiger partial charge in [0.15, 0.2) is 0 Å². The third-order valence-electron chi connectivity index (χ3n) is 3.93. The summed E-state index contributed by atoms with van der Waals surface area (Å²) in [5.41, 5.74) is 8.48. The Labute approximate surface area is 119 Å². The van der Waals surface area contributed by atoms with Crippen molar-refractivity contribution in [3.63, 3.8) is 0 Å². The molecule has 0 spiro atoms. The van der Waals surface area contributed by atoms with Gasteiger partial charge in [-0.1, -0.05) is 26.8 Å². The van der Waals surface area contributed by atoms with Crippen LogP contribution in [0.2, 0.25) is 0 Å². The molecule has 2 atom stereocenters. The van der Waals surface area contributed by atoms with Crippen LogP contribution in [0.25, 0.3) is 0 Å². The maximum atomic E-state index is 10.7. The van der Waals surface area contributed by atoms with E-state index in [9.17, 15) is 4.79 Å². The first-order valence-electron chi connectivity index (χ1n) is 7.04. The third-order valence-corrected chi connectivity index (χ3v) is 3.93. The molecule has 0 bridgehead atoms. The van der Waals surface area contributed by atoms with E-state index < -0.39 is 5.97 Å². The van der Waals surface area contributed by atoms with Crippen LogP contribution in [0.1, 0.15) is 50.8 Å². The molecule has 0 radical (unpaired) electrons. The van der Waals surface area contributed by atoms with Gasteiger partial charge in [0.1, 0.15) is 5.75 Å². The van der Waals surface area contributed by atoms with E-state index in [1.165, 1.54) is 5.56 Å². The van der Waals surface area contributed by atoms with Crippen LogP contribution >= 0.6 is 0 Å². The van der Waals surface area contributed by atoms with Crippen molar-refractivity contribution in [3.05, 3.63) is 29.3 Å². The monoisotopic (exact) mass is 277 g/mol. The largest absolute Gasteiger partial charge is 0.492 e. The summed E-state index contributed by atoms with van der Waals surface area (Å²) in [7, 11) is 0. The Balaban J connectivity index is 2.12. The molecule has 1 aromatic carbocycles. The van der Waals surface area contributed by atoms with Crippen LogP contribution in [0.3, 0.4) is 0 Å².